The van der Waals surface area contributed by atoms with E-state index in [2.05, 4.69) is 55.4 Å². The molecule has 0 aliphatic heterocycles. The third kappa shape index (κ3) is 4.12. The van der Waals surface area contributed by atoms with Crippen molar-refractivity contribution in [3.63, 3.8) is 0 Å². The van der Waals surface area contributed by atoms with Crippen LogP contribution in [0.2, 0.25) is 0 Å². The highest BCUT2D eigenvalue weighted by Gasteiger charge is 2.32. The number of phenolic OH excluding ortho intramolecular Hbond substituents is 1. The number of rotatable bonds is 5. The Labute approximate surface area is 147 Å². The average Bonchev–Trinajstić information content (AvgIpc) is 2.40. The minimum Gasteiger partial charge on any atom is -0.507 e. The van der Waals surface area contributed by atoms with Crippen molar-refractivity contribution in [2.24, 2.45) is 0 Å². The Kier molecular flexibility index (Phi) is 6.13. The van der Waals surface area contributed by atoms with E-state index in [1.807, 2.05) is 0 Å². The van der Waals surface area contributed by atoms with Gasteiger partial charge in [0.25, 0.3) is 0 Å². The van der Waals surface area contributed by atoms with E-state index in [0.29, 0.717) is 12.2 Å². The Hall–Kier alpha value is -1.51. The molecule has 1 aromatic rings. The Bertz CT molecular complexity index is 570. The number of hydrogen-bond donors (Lipinski definition) is 2. The zero-order chi connectivity index (χ0) is 18.9. The first-order valence-electron chi connectivity index (χ1n) is 8.98. The van der Waals surface area contributed by atoms with Gasteiger partial charge in [-0.15, -0.1) is 0 Å². The quantitative estimate of drug-likeness (QED) is 0.785. The first kappa shape index (κ1) is 20.5. The minimum atomic E-state index is -0.776. The lowest BCUT2D eigenvalue weighted by molar-refractivity contribution is -0.136. The molecule has 3 nitrogen and oxygen atoms in total. The summed E-state index contributed by atoms with van der Waals surface area (Å²) in [4.78, 5) is 11.2. The second-order valence-electron chi connectivity index (χ2n) is 8.64. The molecule has 0 radical (unpaired) electrons. The second kappa shape index (κ2) is 7.16. The fraction of sp³-hybridized carbons (Fsp3) is 0.667. The summed E-state index contributed by atoms with van der Waals surface area (Å²) in [5.74, 6) is -0.371. The molecule has 136 valence electrons. The van der Waals surface area contributed by atoms with Gasteiger partial charge in [0.05, 0.1) is 0 Å². The first-order valence-corrected chi connectivity index (χ1v) is 8.98. The number of carboxylic acids is 1. The molecule has 0 bridgehead atoms. The van der Waals surface area contributed by atoms with Crippen molar-refractivity contribution in [3.05, 3.63) is 27.8 Å². The number of carboxylic acid groups (broad SMARTS) is 1. The maximum atomic E-state index is 11.2. The largest absolute Gasteiger partial charge is 0.507 e. The molecule has 0 saturated heterocycles. The predicted octanol–water partition coefficient (Wildman–Crippen LogP) is 5.13. The number of hydrogen-bond acceptors (Lipinski definition) is 2. The Morgan fingerprint density at radius 3 is 1.46 bits per heavy atom. The first-order chi connectivity index (χ1) is 10.9. The van der Waals surface area contributed by atoms with Crippen LogP contribution >= 0.6 is 0 Å². The maximum Gasteiger partial charge on any atom is 0.303 e. The van der Waals surface area contributed by atoms with Crippen LogP contribution in [0, 0.1) is 0 Å². The van der Waals surface area contributed by atoms with Crippen LogP contribution in [-0.2, 0) is 34.9 Å². The third-order valence-electron chi connectivity index (χ3n) is 4.60. The maximum absolute atomic E-state index is 11.2. The summed E-state index contributed by atoms with van der Waals surface area (Å²) in [6, 6.07) is 0. The van der Waals surface area contributed by atoms with Gasteiger partial charge in [0.1, 0.15) is 5.75 Å². The Morgan fingerprint density at radius 2 is 1.21 bits per heavy atom. The molecular formula is C21H34O3. The fourth-order valence-electron chi connectivity index (χ4n) is 3.82. The van der Waals surface area contributed by atoms with Crippen molar-refractivity contribution >= 4 is 5.97 Å². The van der Waals surface area contributed by atoms with Crippen molar-refractivity contribution in [3.8, 4) is 5.75 Å². The van der Waals surface area contributed by atoms with Crippen LogP contribution < -0.4 is 0 Å². The second-order valence-corrected chi connectivity index (χ2v) is 8.64. The summed E-state index contributed by atoms with van der Waals surface area (Å²) < 4.78 is 0. The lowest BCUT2D eigenvalue weighted by Crippen LogP contribution is -2.23. The van der Waals surface area contributed by atoms with E-state index in [1.54, 1.807) is 0 Å². The monoisotopic (exact) mass is 334 g/mol. The average molecular weight is 335 g/mol. The fourth-order valence-corrected chi connectivity index (χ4v) is 3.82. The Balaban J connectivity index is 3.93. The van der Waals surface area contributed by atoms with E-state index in [0.717, 1.165) is 40.7 Å². The van der Waals surface area contributed by atoms with Gasteiger partial charge in [-0.05, 0) is 46.8 Å². The molecule has 0 aromatic heterocycles. The van der Waals surface area contributed by atoms with Gasteiger partial charge in [0.2, 0.25) is 0 Å². The van der Waals surface area contributed by atoms with Crippen LogP contribution in [0.1, 0.15) is 89.6 Å². The molecule has 0 amide bonds. The molecule has 0 unspecified atom stereocenters. The number of benzene rings is 1. The summed E-state index contributed by atoms with van der Waals surface area (Å²) in [5.41, 5.74) is 4.96. The van der Waals surface area contributed by atoms with Crippen LogP contribution in [0.15, 0.2) is 0 Å². The smallest absolute Gasteiger partial charge is 0.303 e. The van der Waals surface area contributed by atoms with E-state index in [9.17, 15) is 9.90 Å². The Morgan fingerprint density at radius 1 is 0.833 bits per heavy atom. The molecule has 0 atom stereocenters. The van der Waals surface area contributed by atoms with Crippen LogP contribution in [0.4, 0.5) is 0 Å². The minimum absolute atomic E-state index is 0.123. The molecule has 0 fully saturated rings. The molecule has 3 heteroatoms. The molecule has 0 aliphatic carbocycles. The van der Waals surface area contributed by atoms with E-state index in [-0.39, 0.29) is 17.3 Å². The lowest BCUT2D eigenvalue weighted by Gasteiger charge is -2.34. The summed E-state index contributed by atoms with van der Waals surface area (Å²) in [5, 5.41) is 20.3. The van der Waals surface area contributed by atoms with E-state index < -0.39 is 5.97 Å². The van der Waals surface area contributed by atoms with Gasteiger partial charge in [0.15, 0.2) is 0 Å². The molecule has 0 saturated carbocycles. The highest BCUT2D eigenvalue weighted by Crippen LogP contribution is 2.45. The molecule has 0 heterocycles. The van der Waals surface area contributed by atoms with E-state index in [1.165, 1.54) is 0 Å². The van der Waals surface area contributed by atoms with Crippen LogP contribution in [0.5, 0.6) is 5.75 Å². The van der Waals surface area contributed by atoms with Gasteiger partial charge in [-0.25, -0.2) is 0 Å². The van der Waals surface area contributed by atoms with E-state index >= 15 is 0 Å². The summed E-state index contributed by atoms with van der Waals surface area (Å²) >= 11 is 0. The SMILES string of the molecule is CCc1c(CCC(=O)O)c(CC)c(C(C)(C)C)c(O)c1C(C)(C)C. The van der Waals surface area contributed by atoms with Gasteiger partial charge < -0.3 is 10.2 Å². The highest BCUT2D eigenvalue weighted by molar-refractivity contribution is 5.68. The van der Waals surface area contributed by atoms with E-state index in [4.69, 9.17) is 5.11 Å². The van der Waals surface area contributed by atoms with Crippen molar-refractivity contribution in [2.75, 3.05) is 0 Å². The molecule has 0 spiro atoms. The lowest BCUT2D eigenvalue weighted by atomic mass is 9.71. The van der Waals surface area contributed by atoms with Crippen LogP contribution in [0.25, 0.3) is 0 Å². The summed E-state index contributed by atoms with van der Waals surface area (Å²) in [6.45, 7) is 16.8. The highest BCUT2D eigenvalue weighted by atomic mass is 16.4. The molecular weight excluding hydrogens is 300 g/mol. The summed E-state index contributed by atoms with van der Waals surface area (Å²) in [7, 11) is 0. The molecule has 2 N–H and O–H groups in total. The number of phenols is 1. The molecule has 0 aliphatic rings. The topological polar surface area (TPSA) is 57.5 Å². The molecule has 1 aromatic carbocycles. The van der Waals surface area contributed by atoms with Gasteiger partial charge in [-0.2, -0.15) is 0 Å². The van der Waals surface area contributed by atoms with Crippen LogP contribution in [-0.4, -0.2) is 16.2 Å². The van der Waals surface area contributed by atoms with Gasteiger partial charge in [-0.3, -0.25) is 4.79 Å². The number of aliphatic carboxylic acids is 1. The van der Waals surface area contributed by atoms with Crippen molar-refractivity contribution in [1.82, 2.24) is 0 Å². The van der Waals surface area contributed by atoms with Gasteiger partial charge in [0, 0.05) is 17.5 Å². The zero-order valence-corrected chi connectivity index (χ0v) is 16.6. The molecule has 24 heavy (non-hydrogen) atoms. The number of carbonyl (C=O) groups is 1. The third-order valence-corrected chi connectivity index (χ3v) is 4.60. The van der Waals surface area contributed by atoms with Gasteiger partial charge >= 0.3 is 5.97 Å². The predicted molar refractivity (Wildman–Crippen MR) is 100 cm³/mol. The van der Waals surface area contributed by atoms with Crippen molar-refractivity contribution in [2.45, 2.75) is 91.9 Å². The standard InChI is InChI=1S/C21H34O3/c1-9-13-15(11-12-16(22)23)14(10-2)18(21(6,7)8)19(24)17(13)20(3,4)5/h24H,9-12H2,1-8H3,(H,22,23). The van der Waals surface area contributed by atoms with Gasteiger partial charge in [-0.1, -0.05) is 55.4 Å². The van der Waals surface area contributed by atoms with Crippen molar-refractivity contribution in [1.29, 1.82) is 0 Å². The summed E-state index contributed by atoms with van der Waals surface area (Å²) in [6.07, 6.45) is 2.24. The van der Waals surface area contributed by atoms with Crippen molar-refractivity contribution < 1.29 is 15.0 Å². The molecule has 1 rings (SSSR count). The van der Waals surface area contributed by atoms with Crippen LogP contribution in [0.3, 0.4) is 0 Å². The zero-order valence-electron chi connectivity index (χ0n) is 16.6. The normalized spacial score (nSPS) is 12.5. The number of aromatic hydroxyl groups is 1.